The van der Waals surface area contributed by atoms with Gasteiger partial charge in [0.05, 0.1) is 24.0 Å². The molecule has 5 nitrogen and oxygen atoms in total. The quantitative estimate of drug-likeness (QED) is 0.326. The van der Waals surface area contributed by atoms with E-state index in [4.69, 9.17) is 20.8 Å². The summed E-state index contributed by atoms with van der Waals surface area (Å²) in [6.45, 7) is 14.5. The van der Waals surface area contributed by atoms with Crippen molar-refractivity contribution >= 4 is 31.8 Å². The highest BCUT2D eigenvalue weighted by Crippen LogP contribution is 2.39. The number of benzene rings is 1. The standard InChI is InChI=1S/C20H30ClNO4Si/c1-12(19(24)25-15-10-8-14(21)9-11-15)17-16(18(23)22-17)13(2)26-27(6,7)20(3,4)5/h8-13,16-17H,1-7H3,(H,22,23)/t12-,13-,16-,17-/m1/s1. The van der Waals surface area contributed by atoms with Crippen molar-refractivity contribution in [2.45, 2.75) is 64.9 Å². The third-order valence-electron chi connectivity index (χ3n) is 5.73. The largest absolute Gasteiger partial charge is 0.426 e. The number of hydrogen-bond donors (Lipinski definition) is 1. The maximum absolute atomic E-state index is 12.5. The van der Waals surface area contributed by atoms with Crippen LogP contribution in [0.1, 0.15) is 34.6 Å². The second-order valence-electron chi connectivity index (χ2n) is 8.81. The number of carbonyl (C=O) groups excluding carboxylic acids is 2. The summed E-state index contributed by atoms with van der Waals surface area (Å²) in [7, 11) is -2.01. The smallest absolute Gasteiger partial charge is 0.316 e. The van der Waals surface area contributed by atoms with Crippen LogP contribution in [0.4, 0.5) is 0 Å². The monoisotopic (exact) mass is 411 g/mol. The van der Waals surface area contributed by atoms with E-state index in [1.54, 1.807) is 31.2 Å². The average Bonchev–Trinajstić information content (AvgIpc) is 2.52. The van der Waals surface area contributed by atoms with E-state index in [9.17, 15) is 9.59 Å². The first-order chi connectivity index (χ1) is 12.3. The lowest BCUT2D eigenvalue weighted by Crippen LogP contribution is -2.67. The molecule has 1 aromatic rings. The molecule has 0 bridgehead atoms. The lowest BCUT2D eigenvalue weighted by molar-refractivity contribution is -0.149. The van der Waals surface area contributed by atoms with Crippen molar-refractivity contribution < 1.29 is 18.8 Å². The summed E-state index contributed by atoms with van der Waals surface area (Å²) in [6.07, 6.45) is -0.254. The number of amides is 1. The Labute approximate surface area is 167 Å². The molecule has 0 aromatic heterocycles. The van der Waals surface area contributed by atoms with E-state index in [0.717, 1.165) is 0 Å². The van der Waals surface area contributed by atoms with Crippen molar-refractivity contribution in [1.82, 2.24) is 5.32 Å². The summed E-state index contributed by atoms with van der Waals surface area (Å²) in [5, 5.41) is 3.47. The summed E-state index contributed by atoms with van der Waals surface area (Å²) in [5.74, 6) is -0.853. The van der Waals surface area contributed by atoms with Gasteiger partial charge in [-0.2, -0.15) is 0 Å². The molecule has 1 fully saturated rings. The van der Waals surface area contributed by atoms with Crippen molar-refractivity contribution in [1.29, 1.82) is 0 Å². The number of rotatable bonds is 6. The molecule has 0 radical (unpaired) electrons. The summed E-state index contributed by atoms with van der Waals surface area (Å²) in [4.78, 5) is 24.7. The van der Waals surface area contributed by atoms with Gasteiger partial charge in [-0.1, -0.05) is 32.4 Å². The minimum Gasteiger partial charge on any atom is -0.426 e. The molecule has 4 atom stereocenters. The lowest BCUT2D eigenvalue weighted by atomic mass is 9.79. The fraction of sp³-hybridized carbons (Fsp3) is 0.600. The Kier molecular flexibility index (Phi) is 6.44. The fourth-order valence-electron chi connectivity index (χ4n) is 2.93. The third kappa shape index (κ3) is 4.92. The van der Waals surface area contributed by atoms with Gasteiger partial charge in [0, 0.05) is 5.02 Å². The Hall–Kier alpha value is -1.37. The molecule has 0 spiro atoms. The van der Waals surface area contributed by atoms with Gasteiger partial charge in [-0.25, -0.2) is 0 Å². The van der Waals surface area contributed by atoms with Crippen LogP contribution < -0.4 is 10.1 Å². The number of hydrogen-bond acceptors (Lipinski definition) is 4. The van der Waals surface area contributed by atoms with Crippen LogP contribution in [0.15, 0.2) is 24.3 Å². The normalized spacial score (nSPS) is 22.4. The highest BCUT2D eigenvalue weighted by Gasteiger charge is 2.50. The maximum atomic E-state index is 12.5. The molecule has 7 heteroatoms. The van der Waals surface area contributed by atoms with Gasteiger partial charge in [-0.3, -0.25) is 9.59 Å². The zero-order chi connectivity index (χ0) is 20.6. The SMILES string of the molecule is C[C@@H](O[Si](C)(C)C(C)(C)C)[C@H]1C(=O)N[C@@H]1[C@@H](C)C(=O)Oc1ccc(Cl)cc1. The van der Waals surface area contributed by atoms with Crippen LogP contribution in [0.2, 0.25) is 23.2 Å². The summed E-state index contributed by atoms with van der Waals surface area (Å²) < 4.78 is 11.8. The van der Waals surface area contributed by atoms with Crippen LogP contribution in [0.3, 0.4) is 0 Å². The molecule has 1 aromatic carbocycles. The molecular weight excluding hydrogens is 382 g/mol. The van der Waals surface area contributed by atoms with Gasteiger partial charge >= 0.3 is 5.97 Å². The van der Waals surface area contributed by atoms with Crippen LogP contribution >= 0.6 is 11.6 Å². The Morgan fingerprint density at radius 2 is 1.74 bits per heavy atom. The maximum Gasteiger partial charge on any atom is 0.316 e. The minimum atomic E-state index is -2.01. The van der Waals surface area contributed by atoms with Gasteiger partial charge in [0.15, 0.2) is 8.32 Å². The zero-order valence-corrected chi connectivity index (χ0v) is 18.9. The van der Waals surface area contributed by atoms with E-state index in [1.165, 1.54) is 0 Å². The molecule has 1 heterocycles. The second-order valence-corrected chi connectivity index (χ2v) is 14.0. The molecule has 1 aliphatic rings. The van der Waals surface area contributed by atoms with Crippen LogP contribution in [0.25, 0.3) is 0 Å². The van der Waals surface area contributed by atoms with E-state index in [-0.39, 0.29) is 35.0 Å². The van der Waals surface area contributed by atoms with Crippen LogP contribution in [-0.4, -0.2) is 32.3 Å². The Morgan fingerprint density at radius 1 is 1.19 bits per heavy atom. The first-order valence-corrected chi connectivity index (χ1v) is 12.6. The first-order valence-electron chi connectivity index (χ1n) is 9.29. The molecule has 1 amide bonds. The minimum absolute atomic E-state index is 0.0517. The van der Waals surface area contributed by atoms with Crippen molar-refractivity contribution in [2.75, 3.05) is 0 Å². The molecule has 27 heavy (non-hydrogen) atoms. The lowest BCUT2D eigenvalue weighted by Gasteiger charge is -2.46. The van der Waals surface area contributed by atoms with Gasteiger partial charge in [0.1, 0.15) is 5.75 Å². The molecule has 0 unspecified atom stereocenters. The molecule has 0 aliphatic carbocycles. The highest BCUT2D eigenvalue weighted by atomic mass is 35.5. The average molecular weight is 412 g/mol. The van der Waals surface area contributed by atoms with Crippen molar-refractivity contribution in [3.63, 3.8) is 0 Å². The molecule has 1 aliphatic heterocycles. The van der Waals surface area contributed by atoms with E-state index < -0.39 is 14.2 Å². The summed E-state index contributed by atoms with van der Waals surface area (Å²) in [6, 6.07) is 6.33. The fourth-order valence-corrected chi connectivity index (χ4v) is 4.49. The Morgan fingerprint density at radius 3 is 2.22 bits per heavy atom. The molecule has 2 rings (SSSR count). The van der Waals surface area contributed by atoms with Gasteiger partial charge < -0.3 is 14.5 Å². The molecular formula is C20H30ClNO4Si. The Bertz CT molecular complexity index is 699. The predicted octanol–water partition coefficient (Wildman–Crippen LogP) is 4.41. The van der Waals surface area contributed by atoms with Gasteiger partial charge in [0.2, 0.25) is 5.91 Å². The Balaban J connectivity index is 2.03. The predicted molar refractivity (Wildman–Crippen MR) is 109 cm³/mol. The van der Waals surface area contributed by atoms with E-state index in [2.05, 4.69) is 39.2 Å². The molecule has 1 N–H and O–H groups in total. The van der Waals surface area contributed by atoms with Crippen LogP contribution in [0, 0.1) is 11.8 Å². The number of carbonyl (C=O) groups is 2. The first kappa shape index (κ1) is 21.9. The number of halogens is 1. The number of esters is 1. The molecule has 150 valence electrons. The van der Waals surface area contributed by atoms with Gasteiger partial charge in [0.25, 0.3) is 0 Å². The van der Waals surface area contributed by atoms with Crippen molar-refractivity contribution in [2.24, 2.45) is 11.8 Å². The second kappa shape index (κ2) is 7.93. The summed E-state index contributed by atoms with van der Waals surface area (Å²) in [5.41, 5.74) is 0. The number of nitrogens with one attached hydrogen (secondary N) is 1. The zero-order valence-electron chi connectivity index (χ0n) is 17.1. The van der Waals surface area contributed by atoms with Gasteiger partial charge in [-0.15, -0.1) is 0 Å². The van der Waals surface area contributed by atoms with E-state index >= 15 is 0 Å². The molecule has 1 saturated heterocycles. The van der Waals surface area contributed by atoms with Crippen LogP contribution in [-0.2, 0) is 14.0 Å². The van der Waals surface area contributed by atoms with Crippen molar-refractivity contribution in [3.05, 3.63) is 29.3 Å². The number of ether oxygens (including phenoxy) is 1. The highest BCUT2D eigenvalue weighted by molar-refractivity contribution is 6.74. The van der Waals surface area contributed by atoms with Crippen LogP contribution in [0.5, 0.6) is 5.75 Å². The topological polar surface area (TPSA) is 64.6 Å². The van der Waals surface area contributed by atoms with Crippen molar-refractivity contribution in [3.8, 4) is 5.75 Å². The van der Waals surface area contributed by atoms with E-state index in [1.807, 2.05) is 6.92 Å². The third-order valence-corrected chi connectivity index (χ3v) is 10.6. The van der Waals surface area contributed by atoms with Gasteiger partial charge in [-0.05, 0) is 56.2 Å². The molecule has 0 saturated carbocycles. The summed E-state index contributed by atoms with van der Waals surface area (Å²) >= 11 is 5.85. The van der Waals surface area contributed by atoms with E-state index in [0.29, 0.717) is 10.8 Å². The number of β-lactam (4-membered cyclic amide) rings is 1.